The zero-order valence-corrected chi connectivity index (χ0v) is 11.9. The number of aliphatic hydroxyl groups excluding tert-OH is 4. The molecule has 1 heterocycles. The number of piperidine rings is 1. The first-order chi connectivity index (χ1) is 9.56. The molecule has 0 aromatic carbocycles. The summed E-state index contributed by atoms with van der Waals surface area (Å²) in [4.78, 5) is 1.93. The molecular formula is C15H27NO4. The minimum atomic E-state index is -1.17. The third-order valence-electron chi connectivity index (χ3n) is 4.93. The molecule has 0 unspecified atom stereocenters. The summed E-state index contributed by atoms with van der Waals surface area (Å²) in [6.45, 7) is 4.71. The number of β-amino-alcohol motifs (C(OH)–C–C–N with tert-alkyl or cyclic N) is 1. The summed E-state index contributed by atoms with van der Waals surface area (Å²) >= 11 is 0. The summed E-state index contributed by atoms with van der Waals surface area (Å²) in [6, 6.07) is -0.481. The van der Waals surface area contributed by atoms with Crippen molar-refractivity contribution in [3.8, 4) is 0 Å². The van der Waals surface area contributed by atoms with Gasteiger partial charge in [-0.15, -0.1) is 6.58 Å². The number of hydrogen-bond donors (Lipinski definition) is 4. The topological polar surface area (TPSA) is 84.2 Å². The lowest BCUT2D eigenvalue weighted by atomic mass is 9.81. The van der Waals surface area contributed by atoms with E-state index in [4.69, 9.17) is 0 Å². The maximum atomic E-state index is 9.96. The van der Waals surface area contributed by atoms with Crippen LogP contribution in [0, 0.1) is 11.8 Å². The van der Waals surface area contributed by atoms with Crippen LogP contribution in [0.3, 0.4) is 0 Å². The van der Waals surface area contributed by atoms with Crippen molar-refractivity contribution in [2.45, 2.75) is 50.0 Å². The molecule has 20 heavy (non-hydrogen) atoms. The first-order valence-electron chi connectivity index (χ1n) is 7.58. The smallest absolute Gasteiger partial charge is 0.109 e. The van der Waals surface area contributed by atoms with Crippen LogP contribution in [-0.4, -0.2) is 69.4 Å². The van der Waals surface area contributed by atoms with E-state index in [1.165, 1.54) is 0 Å². The Kier molecular flexibility index (Phi) is 5.57. The Hall–Kier alpha value is -0.460. The van der Waals surface area contributed by atoms with Gasteiger partial charge in [0.1, 0.15) is 12.2 Å². The number of hydrogen-bond acceptors (Lipinski definition) is 5. The van der Waals surface area contributed by atoms with Crippen LogP contribution in [0.1, 0.15) is 25.7 Å². The van der Waals surface area contributed by atoms with E-state index in [1.54, 1.807) is 0 Å². The van der Waals surface area contributed by atoms with Gasteiger partial charge >= 0.3 is 0 Å². The van der Waals surface area contributed by atoms with Crippen LogP contribution in [0.2, 0.25) is 0 Å². The maximum Gasteiger partial charge on any atom is 0.109 e. The van der Waals surface area contributed by atoms with Crippen LogP contribution in [0.25, 0.3) is 0 Å². The highest BCUT2D eigenvalue weighted by molar-refractivity contribution is 4.95. The number of nitrogens with zero attached hydrogens (tertiary/aromatic N) is 1. The van der Waals surface area contributed by atoms with Crippen LogP contribution in [0.4, 0.5) is 0 Å². The van der Waals surface area contributed by atoms with Crippen LogP contribution < -0.4 is 0 Å². The molecule has 0 aromatic rings. The first kappa shape index (κ1) is 15.9. The van der Waals surface area contributed by atoms with Crippen LogP contribution >= 0.6 is 0 Å². The molecule has 4 N–H and O–H groups in total. The summed E-state index contributed by atoms with van der Waals surface area (Å²) in [5.74, 6) is 1.13. The predicted octanol–water partition coefficient (Wildman–Crippen LogP) is -0.262. The van der Waals surface area contributed by atoms with Gasteiger partial charge in [-0.2, -0.15) is 0 Å². The van der Waals surface area contributed by atoms with Crippen molar-refractivity contribution >= 4 is 0 Å². The molecule has 1 saturated heterocycles. The zero-order valence-electron chi connectivity index (χ0n) is 11.9. The highest BCUT2D eigenvalue weighted by Crippen LogP contribution is 2.31. The van der Waals surface area contributed by atoms with Gasteiger partial charge in [-0.1, -0.05) is 6.08 Å². The molecule has 4 atom stereocenters. The van der Waals surface area contributed by atoms with E-state index in [9.17, 15) is 20.4 Å². The number of rotatable bonds is 4. The molecule has 0 radical (unpaired) electrons. The van der Waals surface area contributed by atoms with Gasteiger partial charge in [0.2, 0.25) is 0 Å². The van der Waals surface area contributed by atoms with Crippen molar-refractivity contribution < 1.29 is 20.4 Å². The Labute approximate surface area is 120 Å². The van der Waals surface area contributed by atoms with Gasteiger partial charge in [0.15, 0.2) is 0 Å². The van der Waals surface area contributed by atoms with Crippen molar-refractivity contribution in [2.75, 3.05) is 19.7 Å². The highest BCUT2D eigenvalue weighted by atomic mass is 16.4. The number of allylic oxidation sites excluding steroid dienone is 1. The standard InChI is InChI=1S/C15H27NO4/c1-2-10-3-5-11(6-4-10)7-16-8-13(18)15(20)14(19)12(16)9-17/h2,10-15,17-20H,1,3-9H2/t10?,11?,12-,13-,14+,15+/m0/s1. The van der Waals surface area contributed by atoms with Crippen molar-refractivity contribution in [3.63, 3.8) is 0 Å². The second-order valence-electron chi connectivity index (χ2n) is 6.27. The molecule has 1 aliphatic carbocycles. The van der Waals surface area contributed by atoms with Crippen LogP contribution in [0.5, 0.6) is 0 Å². The fourth-order valence-electron chi connectivity index (χ4n) is 3.53. The lowest BCUT2D eigenvalue weighted by Gasteiger charge is -2.45. The molecule has 0 bridgehead atoms. The Bertz CT molecular complexity index is 317. The molecule has 5 heteroatoms. The molecule has 2 rings (SSSR count). The first-order valence-corrected chi connectivity index (χ1v) is 7.58. The normalized spacial score (nSPS) is 43.4. The van der Waals surface area contributed by atoms with Crippen LogP contribution in [0.15, 0.2) is 12.7 Å². The predicted molar refractivity (Wildman–Crippen MR) is 76.1 cm³/mol. The third-order valence-corrected chi connectivity index (χ3v) is 4.93. The summed E-state index contributed by atoms with van der Waals surface area (Å²) in [6.07, 6.45) is 3.32. The Morgan fingerprint density at radius 3 is 2.25 bits per heavy atom. The van der Waals surface area contributed by atoms with Crippen LogP contribution in [-0.2, 0) is 0 Å². The van der Waals surface area contributed by atoms with Crippen molar-refractivity contribution in [1.82, 2.24) is 4.90 Å². The Morgan fingerprint density at radius 2 is 1.70 bits per heavy atom. The molecule has 2 aliphatic rings. The summed E-state index contributed by atoms with van der Waals surface area (Å²) < 4.78 is 0. The maximum absolute atomic E-state index is 9.96. The van der Waals surface area contributed by atoms with Gasteiger partial charge in [0, 0.05) is 13.1 Å². The molecule has 116 valence electrons. The third kappa shape index (κ3) is 3.40. The monoisotopic (exact) mass is 285 g/mol. The molecule has 0 amide bonds. The lowest BCUT2D eigenvalue weighted by Crippen LogP contribution is -2.63. The van der Waals surface area contributed by atoms with Crippen molar-refractivity contribution in [1.29, 1.82) is 0 Å². The fourth-order valence-corrected chi connectivity index (χ4v) is 3.53. The van der Waals surface area contributed by atoms with Gasteiger partial charge in [-0.05, 0) is 37.5 Å². The van der Waals surface area contributed by atoms with Crippen molar-refractivity contribution in [2.24, 2.45) is 11.8 Å². The van der Waals surface area contributed by atoms with Gasteiger partial charge in [0.05, 0.1) is 18.8 Å². The van der Waals surface area contributed by atoms with E-state index in [0.29, 0.717) is 18.4 Å². The lowest BCUT2D eigenvalue weighted by molar-refractivity contribution is -0.148. The van der Waals surface area contributed by atoms with E-state index >= 15 is 0 Å². The van der Waals surface area contributed by atoms with Gasteiger partial charge in [0.25, 0.3) is 0 Å². The SMILES string of the molecule is C=CC1CCC(CN2C[C@H](O)[C@@H](O)[C@H](O)[C@@H]2CO)CC1. The quantitative estimate of drug-likeness (QED) is 0.535. The number of aliphatic hydroxyl groups is 4. The zero-order chi connectivity index (χ0) is 14.7. The average Bonchev–Trinajstić information content (AvgIpc) is 2.46. The second-order valence-corrected chi connectivity index (χ2v) is 6.27. The molecule has 2 fully saturated rings. The molecular weight excluding hydrogens is 258 g/mol. The van der Waals surface area contributed by atoms with Gasteiger partial charge in [-0.25, -0.2) is 0 Å². The number of likely N-dealkylation sites (tertiary alicyclic amines) is 1. The molecule has 1 saturated carbocycles. The minimum absolute atomic E-state index is 0.201. The summed E-state index contributed by atoms with van der Waals surface area (Å²) in [7, 11) is 0. The average molecular weight is 285 g/mol. The van der Waals surface area contributed by atoms with Crippen molar-refractivity contribution in [3.05, 3.63) is 12.7 Å². The molecule has 0 spiro atoms. The molecule has 5 nitrogen and oxygen atoms in total. The second kappa shape index (κ2) is 7.00. The fraction of sp³-hybridized carbons (Fsp3) is 0.867. The van der Waals surface area contributed by atoms with E-state index in [2.05, 4.69) is 6.58 Å². The van der Waals surface area contributed by atoms with E-state index in [1.807, 2.05) is 11.0 Å². The Balaban J connectivity index is 1.92. The van der Waals surface area contributed by atoms with Gasteiger partial charge in [-0.3, -0.25) is 4.90 Å². The highest BCUT2D eigenvalue weighted by Gasteiger charge is 2.41. The van der Waals surface area contributed by atoms with E-state index in [-0.39, 0.29) is 6.61 Å². The van der Waals surface area contributed by atoms with E-state index in [0.717, 1.165) is 32.2 Å². The molecule has 0 aromatic heterocycles. The van der Waals surface area contributed by atoms with Gasteiger partial charge < -0.3 is 20.4 Å². The summed E-state index contributed by atoms with van der Waals surface area (Å²) in [5.41, 5.74) is 0. The summed E-state index contributed by atoms with van der Waals surface area (Å²) in [5, 5.41) is 38.9. The largest absolute Gasteiger partial charge is 0.395 e. The molecule has 1 aliphatic heterocycles. The Morgan fingerprint density at radius 1 is 1.05 bits per heavy atom. The minimum Gasteiger partial charge on any atom is -0.395 e. The van der Waals surface area contributed by atoms with E-state index < -0.39 is 24.4 Å².